The Hall–Kier alpha value is -1.12. The molecule has 0 aromatic heterocycles. The molecule has 1 amide bonds. The van der Waals surface area contributed by atoms with Crippen LogP contribution in [0.2, 0.25) is 0 Å². The van der Waals surface area contributed by atoms with Gasteiger partial charge in [0.05, 0.1) is 24.1 Å². The van der Waals surface area contributed by atoms with Gasteiger partial charge in [-0.2, -0.15) is 5.26 Å². The van der Waals surface area contributed by atoms with Gasteiger partial charge in [-0.3, -0.25) is 4.79 Å². The zero-order valence-corrected chi connectivity index (χ0v) is 14.2. The van der Waals surface area contributed by atoms with E-state index in [-0.39, 0.29) is 17.4 Å². The number of aliphatic hydroxyl groups is 1. The number of amides is 1. The van der Waals surface area contributed by atoms with Crippen molar-refractivity contribution in [2.45, 2.75) is 81.5 Å². The Bertz CT molecular complexity index is 613. The summed E-state index contributed by atoms with van der Waals surface area (Å²) >= 11 is 0. The van der Waals surface area contributed by atoms with Gasteiger partial charge < -0.3 is 15.7 Å². The van der Waals surface area contributed by atoms with Crippen LogP contribution < -0.4 is 5.73 Å². The third-order valence-electron chi connectivity index (χ3n) is 7.79. The molecule has 1 aliphatic heterocycles. The molecule has 3 N–H and O–H groups in total. The zero-order valence-electron chi connectivity index (χ0n) is 14.2. The van der Waals surface area contributed by atoms with E-state index in [1.807, 2.05) is 4.90 Å². The van der Waals surface area contributed by atoms with E-state index in [1.165, 1.54) is 6.42 Å². The maximum Gasteiger partial charge on any atom is 0.240 e. The molecule has 5 nitrogen and oxygen atoms in total. The maximum absolute atomic E-state index is 13.3. The summed E-state index contributed by atoms with van der Waals surface area (Å²) in [7, 11) is 0. The van der Waals surface area contributed by atoms with Gasteiger partial charge in [0.1, 0.15) is 0 Å². The van der Waals surface area contributed by atoms with Crippen LogP contribution in [0.3, 0.4) is 0 Å². The number of carbonyl (C=O) groups is 1. The third kappa shape index (κ3) is 2.02. The molecule has 1 saturated heterocycles. The molecule has 5 heteroatoms. The van der Waals surface area contributed by atoms with Crippen LogP contribution >= 0.6 is 0 Å². The second-order valence-electron chi connectivity index (χ2n) is 9.59. The smallest absolute Gasteiger partial charge is 0.240 e. The van der Waals surface area contributed by atoms with E-state index in [1.54, 1.807) is 0 Å². The molecule has 130 valence electrons. The summed E-state index contributed by atoms with van der Waals surface area (Å²) in [6.07, 6.45) is 8.19. The van der Waals surface area contributed by atoms with Crippen molar-refractivity contribution >= 4 is 5.91 Å². The number of fused-ring (bicyclic) bond motifs is 1. The van der Waals surface area contributed by atoms with Crippen LogP contribution in [0.15, 0.2) is 0 Å². The van der Waals surface area contributed by atoms with Gasteiger partial charge in [-0.05, 0) is 74.5 Å². The predicted octanol–water partition coefficient (Wildman–Crippen LogP) is 1.55. The van der Waals surface area contributed by atoms with E-state index >= 15 is 0 Å². The van der Waals surface area contributed by atoms with Crippen LogP contribution in [0.4, 0.5) is 0 Å². The Morgan fingerprint density at radius 3 is 2.58 bits per heavy atom. The lowest BCUT2D eigenvalue weighted by Gasteiger charge is -2.61. The van der Waals surface area contributed by atoms with Gasteiger partial charge in [-0.25, -0.2) is 0 Å². The van der Waals surface area contributed by atoms with Crippen molar-refractivity contribution in [1.82, 2.24) is 4.90 Å². The zero-order chi connectivity index (χ0) is 16.7. The van der Waals surface area contributed by atoms with Crippen LogP contribution in [0.1, 0.15) is 57.8 Å². The fraction of sp³-hybridized carbons (Fsp3) is 0.895. The molecular weight excluding hydrogens is 302 g/mol. The number of nitriles is 1. The van der Waals surface area contributed by atoms with Gasteiger partial charge in [-0.1, -0.05) is 0 Å². The highest BCUT2D eigenvalue weighted by atomic mass is 16.3. The fourth-order valence-corrected chi connectivity index (χ4v) is 7.26. The molecule has 4 bridgehead atoms. The van der Waals surface area contributed by atoms with E-state index in [9.17, 15) is 9.90 Å². The minimum Gasteiger partial charge on any atom is -0.390 e. The van der Waals surface area contributed by atoms with Crippen molar-refractivity contribution < 1.29 is 9.90 Å². The standard InChI is InChI=1S/C19H27N3O2/c20-2-1-14-4-13-5-15(13)22(14)17(23)16(21)18-6-11-3-12(7-18)9-19(24,8-11)10-18/h11-16,24H,1,3-10,21H2. The van der Waals surface area contributed by atoms with Gasteiger partial charge in [-0.15, -0.1) is 0 Å². The first-order chi connectivity index (χ1) is 11.4. The van der Waals surface area contributed by atoms with E-state index < -0.39 is 11.6 Å². The van der Waals surface area contributed by atoms with E-state index in [0.29, 0.717) is 36.6 Å². The van der Waals surface area contributed by atoms with Gasteiger partial charge in [0.25, 0.3) is 0 Å². The van der Waals surface area contributed by atoms with Crippen LogP contribution in [0, 0.1) is 34.5 Å². The van der Waals surface area contributed by atoms with Gasteiger partial charge in [0.15, 0.2) is 0 Å². The molecule has 6 aliphatic rings. The highest BCUT2D eigenvalue weighted by molar-refractivity contribution is 5.84. The molecule has 0 spiro atoms. The largest absolute Gasteiger partial charge is 0.390 e. The summed E-state index contributed by atoms with van der Waals surface area (Å²) in [6.45, 7) is 0. The number of piperidine rings is 1. The maximum atomic E-state index is 13.3. The normalized spacial score (nSPS) is 52.0. The van der Waals surface area contributed by atoms with Gasteiger partial charge in [0.2, 0.25) is 5.91 Å². The SMILES string of the molecule is N#CCC1CC2CC2N1C(=O)C(N)C12CC3CC(CC(O)(C3)C1)C2. The average Bonchev–Trinajstić information content (AvgIpc) is 3.15. The molecule has 0 aromatic rings. The Morgan fingerprint density at radius 1 is 1.25 bits per heavy atom. The molecule has 0 aromatic carbocycles. The highest BCUT2D eigenvalue weighted by Gasteiger charge is 2.62. The summed E-state index contributed by atoms with van der Waals surface area (Å²) in [5.41, 5.74) is 5.82. The van der Waals surface area contributed by atoms with Crippen LogP contribution in [0.25, 0.3) is 0 Å². The highest BCUT2D eigenvalue weighted by Crippen LogP contribution is 2.63. The first-order valence-electron chi connectivity index (χ1n) is 9.60. The number of hydrogen-bond acceptors (Lipinski definition) is 4. The van der Waals surface area contributed by atoms with Crippen molar-refractivity contribution in [3.8, 4) is 6.07 Å². The quantitative estimate of drug-likeness (QED) is 0.822. The predicted molar refractivity (Wildman–Crippen MR) is 87.4 cm³/mol. The summed E-state index contributed by atoms with van der Waals surface area (Å²) < 4.78 is 0. The van der Waals surface area contributed by atoms with Gasteiger partial charge >= 0.3 is 0 Å². The summed E-state index contributed by atoms with van der Waals surface area (Å²) in [6, 6.07) is 2.13. The Labute approximate surface area is 143 Å². The molecule has 0 radical (unpaired) electrons. The minimum absolute atomic E-state index is 0.0609. The number of rotatable bonds is 3. The fourth-order valence-electron chi connectivity index (χ4n) is 7.26. The number of nitrogens with two attached hydrogens (primary N) is 1. The lowest BCUT2D eigenvalue weighted by molar-refractivity contribution is -0.177. The summed E-state index contributed by atoms with van der Waals surface area (Å²) in [4.78, 5) is 15.3. The number of likely N-dealkylation sites (tertiary alicyclic amines) is 1. The Morgan fingerprint density at radius 2 is 1.96 bits per heavy atom. The van der Waals surface area contributed by atoms with E-state index in [4.69, 9.17) is 11.0 Å². The van der Waals surface area contributed by atoms with Crippen molar-refractivity contribution in [3.63, 3.8) is 0 Å². The van der Waals surface area contributed by atoms with Crippen molar-refractivity contribution in [1.29, 1.82) is 5.26 Å². The van der Waals surface area contributed by atoms with Crippen LogP contribution in [-0.4, -0.2) is 39.6 Å². The number of nitrogens with zero attached hydrogens (tertiary/aromatic N) is 2. The Kier molecular flexibility index (Phi) is 2.99. The average molecular weight is 329 g/mol. The van der Waals surface area contributed by atoms with Crippen LogP contribution in [0.5, 0.6) is 0 Å². The Balaban J connectivity index is 1.41. The topological polar surface area (TPSA) is 90.4 Å². The monoisotopic (exact) mass is 329 g/mol. The summed E-state index contributed by atoms with van der Waals surface area (Å²) in [5, 5.41) is 20.0. The molecular formula is C19H27N3O2. The number of carbonyl (C=O) groups excluding carboxylic acids is 1. The molecule has 6 rings (SSSR count). The molecule has 6 atom stereocenters. The lowest BCUT2D eigenvalue weighted by Crippen LogP contribution is -2.64. The van der Waals surface area contributed by atoms with Crippen molar-refractivity contribution in [2.75, 3.05) is 0 Å². The second kappa shape index (κ2) is 4.74. The minimum atomic E-state index is -0.582. The summed E-state index contributed by atoms with van der Waals surface area (Å²) in [5.74, 6) is 1.74. The van der Waals surface area contributed by atoms with Crippen molar-refractivity contribution in [2.24, 2.45) is 28.9 Å². The molecule has 6 fully saturated rings. The molecule has 6 unspecified atom stereocenters. The first kappa shape index (κ1) is 15.2. The van der Waals surface area contributed by atoms with Gasteiger partial charge in [0, 0.05) is 12.1 Å². The number of hydrogen-bond donors (Lipinski definition) is 2. The lowest BCUT2D eigenvalue weighted by atomic mass is 9.46. The molecule has 5 saturated carbocycles. The molecule has 1 heterocycles. The molecule has 5 aliphatic carbocycles. The second-order valence-corrected chi connectivity index (χ2v) is 9.59. The van der Waals surface area contributed by atoms with E-state index in [2.05, 4.69) is 6.07 Å². The molecule has 24 heavy (non-hydrogen) atoms. The van der Waals surface area contributed by atoms with Crippen molar-refractivity contribution in [3.05, 3.63) is 0 Å². The third-order valence-corrected chi connectivity index (χ3v) is 7.79. The van der Waals surface area contributed by atoms with Crippen LogP contribution in [-0.2, 0) is 4.79 Å². The first-order valence-corrected chi connectivity index (χ1v) is 9.60. The van der Waals surface area contributed by atoms with E-state index in [0.717, 1.165) is 38.5 Å².